The van der Waals surface area contributed by atoms with Crippen molar-refractivity contribution in [1.82, 2.24) is 15.5 Å². The topological polar surface area (TPSA) is 122 Å². The van der Waals surface area contributed by atoms with Crippen LogP contribution < -0.4 is 10.6 Å². The predicted octanol–water partition coefficient (Wildman–Crippen LogP) is 2.78. The molecule has 0 bridgehead atoms. The molecule has 2 aliphatic rings. The average molecular weight is 434 g/mol. The molecular weight excluding hydrogens is 402 g/mol. The molecule has 0 saturated carbocycles. The Kier molecular flexibility index (Phi) is 6.72. The van der Waals surface area contributed by atoms with E-state index in [1.807, 2.05) is 0 Å². The number of carbonyl (C=O) groups is 5. The van der Waals surface area contributed by atoms with Gasteiger partial charge >= 0.3 is 6.09 Å². The van der Waals surface area contributed by atoms with Crippen molar-refractivity contribution in [2.45, 2.75) is 64.5 Å². The minimum Gasteiger partial charge on any atom is -0.450 e. The fourth-order valence-corrected chi connectivity index (χ4v) is 3.77. The highest BCUT2D eigenvalue weighted by Gasteiger charge is 2.52. The minimum atomic E-state index is -1.43. The molecule has 0 spiro atoms. The number of nitrogens with zero attached hydrogens (tertiary/aromatic N) is 1. The second-order valence-electron chi connectivity index (χ2n) is 8.03. The highest BCUT2D eigenvalue weighted by atomic mass is 16.5. The quantitative estimate of drug-likeness (QED) is 0.480. The van der Waals surface area contributed by atoms with Crippen molar-refractivity contribution in [3.05, 3.63) is 34.9 Å². The molecule has 0 unspecified atom stereocenters. The Balaban J connectivity index is 0.00000272. The molecule has 9 heteroatoms. The van der Waals surface area contributed by atoms with Crippen LogP contribution in [0.2, 0.25) is 0 Å². The first-order chi connectivity index (χ1) is 14.8. The molecular formula is C22H31N3O6. The van der Waals surface area contributed by atoms with Gasteiger partial charge < -0.3 is 10.1 Å². The molecule has 2 aliphatic heterocycles. The Morgan fingerprint density at radius 1 is 1.16 bits per heavy atom. The summed E-state index contributed by atoms with van der Waals surface area (Å²) in [6, 6.07) is 4.69. The van der Waals surface area contributed by atoms with Gasteiger partial charge in [0.05, 0.1) is 17.7 Å². The number of rotatable bonds is 8. The van der Waals surface area contributed by atoms with Crippen LogP contribution in [-0.2, 0) is 20.9 Å². The Bertz CT molecular complexity index is 939. The second-order valence-corrected chi connectivity index (χ2v) is 8.03. The van der Waals surface area contributed by atoms with Crippen LogP contribution in [0.15, 0.2) is 18.2 Å². The van der Waals surface area contributed by atoms with Gasteiger partial charge in [-0.2, -0.15) is 0 Å². The maximum Gasteiger partial charge on any atom is 0.407 e. The van der Waals surface area contributed by atoms with Crippen LogP contribution in [-0.4, -0.2) is 46.8 Å². The van der Waals surface area contributed by atoms with Crippen molar-refractivity contribution < 1.29 is 31.6 Å². The smallest absolute Gasteiger partial charge is 0.407 e. The number of amides is 5. The molecule has 3 rings (SSSR count). The maximum atomic E-state index is 13.0. The molecule has 5 amide bonds. The van der Waals surface area contributed by atoms with Gasteiger partial charge in [-0.05, 0) is 37.5 Å². The molecule has 1 saturated heterocycles. The van der Waals surface area contributed by atoms with Crippen molar-refractivity contribution in [2.75, 3.05) is 6.61 Å². The zero-order chi connectivity index (χ0) is 22.6. The van der Waals surface area contributed by atoms with E-state index in [0.717, 1.165) is 30.6 Å². The summed E-state index contributed by atoms with van der Waals surface area (Å²) in [4.78, 5) is 62.5. The van der Waals surface area contributed by atoms with E-state index in [-0.39, 0.29) is 33.4 Å². The van der Waals surface area contributed by atoms with Crippen molar-refractivity contribution in [1.29, 1.82) is 0 Å². The summed E-state index contributed by atoms with van der Waals surface area (Å²) in [6.45, 7) is 4.07. The van der Waals surface area contributed by atoms with Crippen LogP contribution in [0.1, 0.15) is 81.5 Å². The first-order valence-electron chi connectivity index (χ1n) is 10.5. The number of unbranched alkanes of at least 4 members (excludes halogenated alkanes) is 3. The van der Waals surface area contributed by atoms with Crippen LogP contribution in [0, 0.1) is 0 Å². The molecule has 1 atom stereocenters. The van der Waals surface area contributed by atoms with Crippen molar-refractivity contribution in [3.63, 3.8) is 0 Å². The molecule has 31 heavy (non-hydrogen) atoms. The van der Waals surface area contributed by atoms with Gasteiger partial charge in [0.15, 0.2) is 0 Å². The van der Waals surface area contributed by atoms with E-state index in [0.29, 0.717) is 12.2 Å². The Morgan fingerprint density at radius 2 is 1.90 bits per heavy atom. The van der Waals surface area contributed by atoms with Gasteiger partial charge in [-0.25, -0.2) is 4.79 Å². The van der Waals surface area contributed by atoms with Crippen molar-refractivity contribution in [2.24, 2.45) is 0 Å². The number of benzene rings is 1. The lowest BCUT2D eigenvalue weighted by Crippen LogP contribution is -2.62. The van der Waals surface area contributed by atoms with Crippen molar-refractivity contribution in [3.8, 4) is 0 Å². The standard InChI is InChI=1S/C22H27N3O6.2H2/c1-3-4-5-6-11-31-21(30)23-13-14-7-8-15-16(12-14)19(28)25(18(15)27)22(2)10-9-17(26)24-20(22)29;;/h7-8,12H,3-6,9-11,13H2,1-2H3,(H,23,30)(H,24,26,29);2*1H/t22-;;/m0../s1. The third kappa shape index (κ3) is 4.60. The van der Waals surface area contributed by atoms with Crippen LogP contribution in [0.5, 0.6) is 0 Å². The third-order valence-corrected chi connectivity index (χ3v) is 5.69. The van der Waals surface area contributed by atoms with E-state index in [1.165, 1.54) is 19.1 Å². The number of carbonyl (C=O) groups excluding carboxylic acids is 5. The number of alkyl carbamates (subject to hydrolysis) is 1. The van der Waals surface area contributed by atoms with Gasteiger partial charge in [0.25, 0.3) is 17.7 Å². The molecule has 1 aromatic carbocycles. The fourth-order valence-electron chi connectivity index (χ4n) is 3.77. The Hall–Kier alpha value is -3.23. The Labute approximate surface area is 183 Å². The normalized spacial score (nSPS) is 20.5. The van der Waals surface area contributed by atoms with E-state index < -0.39 is 35.3 Å². The lowest BCUT2D eigenvalue weighted by Gasteiger charge is -2.38. The van der Waals surface area contributed by atoms with E-state index in [1.54, 1.807) is 6.07 Å². The fraction of sp³-hybridized carbons (Fsp3) is 0.500. The minimum absolute atomic E-state index is 0. The first kappa shape index (κ1) is 22.5. The van der Waals surface area contributed by atoms with Gasteiger partial charge in [0.1, 0.15) is 5.54 Å². The third-order valence-electron chi connectivity index (χ3n) is 5.69. The summed E-state index contributed by atoms with van der Waals surface area (Å²) in [7, 11) is 0. The molecule has 1 fully saturated rings. The number of hydrogen-bond acceptors (Lipinski definition) is 6. The number of nitrogens with one attached hydrogen (secondary N) is 2. The summed E-state index contributed by atoms with van der Waals surface area (Å²) in [6.07, 6.45) is 3.59. The number of hydrogen-bond donors (Lipinski definition) is 2. The summed E-state index contributed by atoms with van der Waals surface area (Å²) in [5.41, 5.74) is -0.444. The number of ether oxygens (including phenoxy) is 1. The number of imide groups is 2. The summed E-state index contributed by atoms with van der Waals surface area (Å²) >= 11 is 0. The maximum absolute atomic E-state index is 13.0. The van der Waals surface area contributed by atoms with Gasteiger partial charge in [0, 0.05) is 15.8 Å². The molecule has 0 aliphatic carbocycles. The zero-order valence-electron chi connectivity index (χ0n) is 17.8. The van der Waals surface area contributed by atoms with Gasteiger partial charge in [-0.1, -0.05) is 32.3 Å². The van der Waals surface area contributed by atoms with E-state index in [4.69, 9.17) is 4.74 Å². The highest BCUT2D eigenvalue weighted by Crippen LogP contribution is 2.34. The van der Waals surface area contributed by atoms with E-state index in [9.17, 15) is 24.0 Å². The van der Waals surface area contributed by atoms with Crippen LogP contribution in [0.3, 0.4) is 0 Å². The van der Waals surface area contributed by atoms with Crippen LogP contribution in [0.4, 0.5) is 4.79 Å². The molecule has 9 nitrogen and oxygen atoms in total. The number of fused-ring (bicyclic) bond motifs is 1. The van der Waals surface area contributed by atoms with Crippen molar-refractivity contribution >= 4 is 29.7 Å². The SMILES string of the molecule is CCCCCCOC(=O)NCc1ccc2c(c1)C(=O)N([C@@]1(C)CCC(=O)NC1=O)C2=O.[HH].[HH]. The molecule has 170 valence electrons. The average Bonchev–Trinajstić information content (AvgIpc) is 2.99. The highest BCUT2D eigenvalue weighted by molar-refractivity contribution is 6.24. The lowest BCUT2D eigenvalue weighted by atomic mass is 9.89. The van der Waals surface area contributed by atoms with E-state index >= 15 is 0 Å². The number of piperidine rings is 1. The predicted molar refractivity (Wildman–Crippen MR) is 114 cm³/mol. The van der Waals surface area contributed by atoms with E-state index in [2.05, 4.69) is 17.6 Å². The lowest BCUT2D eigenvalue weighted by molar-refractivity contribution is -0.140. The summed E-state index contributed by atoms with van der Waals surface area (Å²) in [5.74, 6) is -2.25. The largest absolute Gasteiger partial charge is 0.450 e. The summed E-state index contributed by atoms with van der Waals surface area (Å²) in [5, 5.41) is 4.83. The van der Waals surface area contributed by atoms with Gasteiger partial charge in [-0.3, -0.25) is 29.4 Å². The molecule has 0 radical (unpaired) electrons. The molecule has 0 aromatic heterocycles. The van der Waals surface area contributed by atoms with Gasteiger partial charge in [-0.15, -0.1) is 0 Å². The monoisotopic (exact) mass is 433 g/mol. The molecule has 2 N–H and O–H groups in total. The molecule has 1 aromatic rings. The zero-order valence-corrected chi connectivity index (χ0v) is 17.8. The second kappa shape index (κ2) is 9.28. The molecule has 2 heterocycles. The van der Waals surface area contributed by atoms with Crippen LogP contribution in [0.25, 0.3) is 0 Å². The first-order valence-corrected chi connectivity index (χ1v) is 10.5. The van der Waals surface area contributed by atoms with Crippen LogP contribution >= 0.6 is 0 Å². The Morgan fingerprint density at radius 3 is 2.61 bits per heavy atom. The van der Waals surface area contributed by atoms with Gasteiger partial charge in [0.2, 0.25) is 5.91 Å². The summed E-state index contributed by atoms with van der Waals surface area (Å²) < 4.78 is 5.12.